The molecule has 0 bridgehead atoms. The van der Waals surface area contributed by atoms with Crippen LogP contribution in [0.25, 0.3) is 0 Å². The van der Waals surface area contributed by atoms with Crippen molar-refractivity contribution >= 4 is 11.3 Å². The smallest absolute Gasteiger partial charge is 0.0953 e. The van der Waals surface area contributed by atoms with Gasteiger partial charge in [-0.1, -0.05) is 13.8 Å². The van der Waals surface area contributed by atoms with Gasteiger partial charge in [-0.15, -0.1) is 11.3 Å². The van der Waals surface area contributed by atoms with E-state index >= 15 is 0 Å². The van der Waals surface area contributed by atoms with Crippen LogP contribution in [0.4, 0.5) is 0 Å². The Kier molecular flexibility index (Phi) is 2.39. The molecule has 2 rings (SSSR count). The second-order valence-electron chi connectivity index (χ2n) is 4.19. The number of hydrogen-bond donors (Lipinski definition) is 1. The highest BCUT2D eigenvalue weighted by atomic mass is 32.1. The molecule has 2 nitrogen and oxygen atoms in total. The first-order valence-electron chi connectivity index (χ1n) is 4.87. The molecular weight excluding hydrogens is 180 g/mol. The number of rotatable bonds is 2. The van der Waals surface area contributed by atoms with Crippen LogP contribution >= 0.6 is 11.3 Å². The van der Waals surface area contributed by atoms with Gasteiger partial charge in [0.05, 0.1) is 10.7 Å². The van der Waals surface area contributed by atoms with E-state index in [-0.39, 0.29) is 0 Å². The molecular formula is C10H16N2S. The lowest BCUT2D eigenvalue weighted by Crippen LogP contribution is -2.34. The molecule has 13 heavy (non-hydrogen) atoms. The van der Waals surface area contributed by atoms with Crippen molar-refractivity contribution < 1.29 is 0 Å². The molecule has 0 saturated heterocycles. The molecule has 0 radical (unpaired) electrons. The van der Waals surface area contributed by atoms with Crippen molar-refractivity contribution in [2.24, 2.45) is 5.73 Å². The Labute approximate surface area is 83.2 Å². The van der Waals surface area contributed by atoms with Crippen molar-refractivity contribution in [1.82, 2.24) is 4.98 Å². The quantitative estimate of drug-likeness (QED) is 0.789. The molecule has 1 aromatic rings. The average Bonchev–Trinajstić information content (AvgIpc) is 2.46. The highest BCUT2D eigenvalue weighted by molar-refractivity contribution is 7.09. The molecule has 0 amide bonds. The molecule has 1 heterocycles. The fraction of sp³-hybridized carbons (Fsp3) is 0.700. The van der Waals surface area contributed by atoms with Crippen LogP contribution in [0.5, 0.6) is 0 Å². The van der Waals surface area contributed by atoms with E-state index in [9.17, 15) is 0 Å². The highest BCUT2D eigenvalue weighted by Crippen LogP contribution is 2.36. The van der Waals surface area contributed by atoms with Gasteiger partial charge in [0.15, 0.2) is 0 Å². The maximum atomic E-state index is 5.75. The lowest BCUT2D eigenvalue weighted by molar-refractivity contribution is 0.346. The van der Waals surface area contributed by atoms with Crippen LogP contribution in [0.2, 0.25) is 0 Å². The monoisotopic (exact) mass is 196 g/mol. The topological polar surface area (TPSA) is 38.9 Å². The van der Waals surface area contributed by atoms with E-state index in [1.54, 1.807) is 11.3 Å². The molecule has 1 aliphatic carbocycles. The van der Waals surface area contributed by atoms with Crippen molar-refractivity contribution in [1.29, 1.82) is 0 Å². The first-order valence-corrected chi connectivity index (χ1v) is 5.75. The first kappa shape index (κ1) is 9.16. The van der Waals surface area contributed by atoms with E-state index in [2.05, 4.69) is 24.2 Å². The predicted octanol–water partition coefficient (Wildman–Crippen LogP) is 2.47. The van der Waals surface area contributed by atoms with E-state index < -0.39 is 0 Å². The summed E-state index contributed by atoms with van der Waals surface area (Å²) in [6, 6.07) is 0.425. The Bertz CT molecular complexity index is 287. The van der Waals surface area contributed by atoms with Gasteiger partial charge in [0, 0.05) is 23.3 Å². The van der Waals surface area contributed by atoms with Crippen molar-refractivity contribution in [3.63, 3.8) is 0 Å². The third kappa shape index (κ3) is 1.76. The molecule has 72 valence electrons. The van der Waals surface area contributed by atoms with Crippen LogP contribution < -0.4 is 5.73 Å². The standard InChI is InChI=1S/C10H16N2S/c1-6(2)10-12-9(5-13-10)7-3-8(11)4-7/h5-8H,3-4,11H2,1-2H3. The molecule has 0 aromatic carbocycles. The summed E-state index contributed by atoms with van der Waals surface area (Å²) in [5.74, 6) is 1.21. The number of thiazole rings is 1. The van der Waals surface area contributed by atoms with Gasteiger partial charge in [-0.3, -0.25) is 0 Å². The maximum absolute atomic E-state index is 5.75. The van der Waals surface area contributed by atoms with Crippen LogP contribution in [0.3, 0.4) is 0 Å². The number of nitrogens with two attached hydrogens (primary N) is 1. The largest absolute Gasteiger partial charge is 0.328 e. The molecule has 0 atom stereocenters. The van der Waals surface area contributed by atoms with Gasteiger partial charge in [0.25, 0.3) is 0 Å². The van der Waals surface area contributed by atoms with E-state index in [0.29, 0.717) is 17.9 Å². The Morgan fingerprint density at radius 3 is 2.69 bits per heavy atom. The average molecular weight is 196 g/mol. The zero-order valence-electron chi connectivity index (χ0n) is 8.16. The SMILES string of the molecule is CC(C)c1nc(C2CC(N)C2)cs1. The normalized spacial score (nSPS) is 27.7. The zero-order valence-corrected chi connectivity index (χ0v) is 8.97. The van der Waals surface area contributed by atoms with Crippen LogP contribution in [-0.4, -0.2) is 11.0 Å². The number of nitrogens with zero attached hydrogens (tertiary/aromatic N) is 1. The third-order valence-electron chi connectivity index (χ3n) is 2.63. The van der Waals surface area contributed by atoms with Gasteiger partial charge in [-0.25, -0.2) is 4.98 Å². The number of hydrogen-bond acceptors (Lipinski definition) is 3. The third-order valence-corrected chi connectivity index (χ3v) is 3.79. The highest BCUT2D eigenvalue weighted by Gasteiger charge is 2.29. The summed E-state index contributed by atoms with van der Waals surface area (Å²) in [5, 5.41) is 3.46. The summed E-state index contributed by atoms with van der Waals surface area (Å²) >= 11 is 1.78. The Morgan fingerprint density at radius 1 is 1.54 bits per heavy atom. The summed E-state index contributed by atoms with van der Waals surface area (Å²) in [4.78, 5) is 4.63. The molecule has 1 saturated carbocycles. The van der Waals surface area contributed by atoms with Crippen molar-refractivity contribution in [3.8, 4) is 0 Å². The van der Waals surface area contributed by atoms with Crippen LogP contribution in [0.1, 0.15) is 49.2 Å². The van der Waals surface area contributed by atoms with Gasteiger partial charge in [-0.05, 0) is 12.8 Å². The summed E-state index contributed by atoms with van der Waals surface area (Å²) in [6.45, 7) is 4.38. The Morgan fingerprint density at radius 2 is 2.23 bits per heavy atom. The molecule has 2 N–H and O–H groups in total. The summed E-state index contributed by atoms with van der Waals surface area (Å²) in [6.07, 6.45) is 2.25. The minimum atomic E-state index is 0.425. The van der Waals surface area contributed by atoms with Gasteiger partial charge >= 0.3 is 0 Å². The van der Waals surface area contributed by atoms with Crippen molar-refractivity contribution in [3.05, 3.63) is 16.1 Å². The molecule has 1 fully saturated rings. The van der Waals surface area contributed by atoms with E-state index in [1.165, 1.54) is 10.7 Å². The van der Waals surface area contributed by atoms with Gasteiger partial charge in [-0.2, -0.15) is 0 Å². The predicted molar refractivity (Wildman–Crippen MR) is 56.2 cm³/mol. The second kappa shape index (κ2) is 3.39. The minimum Gasteiger partial charge on any atom is -0.328 e. The van der Waals surface area contributed by atoms with Crippen LogP contribution in [0.15, 0.2) is 5.38 Å². The second-order valence-corrected chi connectivity index (χ2v) is 5.08. The van der Waals surface area contributed by atoms with E-state index in [4.69, 9.17) is 5.73 Å². The Balaban J connectivity index is 2.06. The first-order chi connectivity index (χ1) is 6.16. The summed E-state index contributed by atoms with van der Waals surface area (Å²) in [5.41, 5.74) is 7.02. The van der Waals surface area contributed by atoms with E-state index in [1.807, 2.05) is 0 Å². The molecule has 1 aliphatic rings. The molecule has 0 unspecified atom stereocenters. The lowest BCUT2D eigenvalue weighted by atomic mass is 9.79. The van der Waals surface area contributed by atoms with Gasteiger partial charge in [0.2, 0.25) is 0 Å². The molecule has 0 spiro atoms. The fourth-order valence-electron chi connectivity index (χ4n) is 1.66. The Hall–Kier alpha value is -0.410. The van der Waals surface area contributed by atoms with Crippen molar-refractivity contribution in [2.45, 2.75) is 44.6 Å². The zero-order chi connectivity index (χ0) is 9.42. The maximum Gasteiger partial charge on any atom is 0.0953 e. The van der Waals surface area contributed by atoms with Crippen LogP contribution in [-0.2, 0) is 0 Å². The lowest BCUT2D eigenvalue weighted by Gasteiger charge is -2.30. The van der Waals surface area contributed by atoms with E-state index in [0.717, 1.165) is 12.8 Å². The minimum absolute atomic E-state index is 0.425. The van der Waals surface area contributed by atoms with Gasteiger partial charge in [0.1, 0.15) is 0 Å². The summed E-state index contributed by atoms with van der Waals surface area (Å²) in [7, 11) is 0. The van der Waals surface area contributed by atoms with Crippen molar-refractivity contribution in [2.75, 3.05) is 0 Å². The molecule has 3 heteroatoms. The number of aromatic nitrogens is 1. The van der Waals surface area contributed by atoms with Gasteiger partial charge < -0.3 is 5.73 Å². The fourth-order valence-corrected chi connectivity index (χ4v) is 2.57. The summed E-state index contributed by atoms with van der Waals surface area (Å²) < 4.78 is 0. The molecule has 1 aromatic heterocycles. The van der Waals surface area contributed by atoms with Crippen LogP contribution in [0, 0.1) is 0 Å². The molecule has 0 aliphatic heterocycles.